The maximum atomic E-state index is 12.0. The molecule has 4 aliphatic rings. The van der Waals surface area contributed by atoms with Gasteiger partial charge in [-0.2, -0.15) is 0 Å². The number of hydrogen-bond donors (Lipinski definition) is 0. The Morgan fingerprint density at radius 2 is 1.85 bits per heavy atom. The van der Waals surface area contributed by atoms with Crippen LogP contribution in [0.2, 0.25) is 0 Å². The smallest absolute Gasteiger partial charge is 0.319 e. The third-order valence-corrected chi connectivity index (χ3v) is 8.78. The van der Waals surface area contributed by atoms with Gasteiger partial charge in [-0.3, -0.25) is 4.79 Å². The molecule has 148 valence electrons. The summed E-state index contributed by atoms with van der Waals surface area (Å²) in [5, 5.41) is 4.15. The number of carbonyl (C=O) groups excluding carboxylic acids is 2. The molecule has 0 aromatic carbocycles. The summed E-state index contributed by atoms with van der Waals surface area (Å²) in [4.78, 5) is 28.1. The molecule has 0 aliphatic heterocycles. The van der Waals surface area contributed by atoms with Gasteiger partial charge in [0.15, 0.2) is 5.78 Å². The van der Waals surface area contributed by atoms with Gasteiger partial charge in [0.2, 0.25) is 0 Å². The predicted octanol–water partition coefficient (Wildman–Crippen LogP) is 5.07. The summed E-state index contributed by atoms with van der Waals surface area (Å²) >= 11 is 0. The molecule has 0 heterocycles. The van der Waals surface area contributed by atoms with Gasteiger partial charge in [-0.15, -0.1) is 0 Å². The van der Waals surface area contributed by atoms with Crippen LogP contribution in [0, 0.1) is 34.5 Å². The second-order valence-electron chi connectivity index (χ2n) is 9.96. The number of hydrogen-bond acceptors (Lipinski definition) is 4. The van der Waals surface area contributed by atoms with Gasteiger partial charge in [0.05, 0.1) is 5.71 Å². The minimum Gasteiger partial charge on any atom is -0.319 e. The van der Waals surface area contributed by atoms with Crippen molar-refractivity contribution in [1.29, 1.82) is 0 Å². The van der Waals surface area contributed by atoms with E-state index in [2.05, 4.69) is 19.0 Å². The molecule has 4 heteroatoms. The molecular weight excluding hydrogens is 338 g/mol. The maximum Gasteiger partial charge on any atom is 0.331 e. The largest absolute Gasteiger partial charge is 0.331 e. The van der Waals surface area contributed by atoms with E-state index in [0.717, 1.165) is 43.2 Å². The third-order valence-electron chi connectivity index (χ3n) is 8.78. The Labute approximate surface area is 162 Å². The monoisotopic (exact) mass is 371 g/mol. The Kier molecular flexibility index (Phi) is 4.59. The summed E-state index contributed by atoms with van der Waals surface area (Å²) < 4.78 is 0. The van der Waals surface area contributed by atoms with Gasteiger partial charge in [-0.05, 0) is 86.5 Å². The second-order valence-corrected chi connectivity index (χ2v) is 9.96. The molecule has 0 radical (unpaired) electrons. The maximum absolute atomic E-state index is 12.0. The molecule has 3 saturated carbocycles. The molecule has 0 N–H and O–H groups in total. The van der Waals surface area contributed by atoms with Crippen molar-refractivity contribution >= 4 is 17.5 Å². The molecule has 4 aliphatic carbocycles. The highest BCUT2D eigenvalue weighted by molar-refractivity contribution is 5.91. The minimum atomic E-state index is -0.343. The van der Waals surface area contributed by atoms with Crippen LogP contribution in [-0.4, -0.2) is 17.5 Å². The lowest BCUT2D eigenvalue weighted by atomic mass is 9.46. The van der Waals surface area contributed by atoms with Gasteiger partial charge in [0.25, 0.3) is 0 Å². The van der Waals surface area contributed by atoms with Crippen molar-refractivity contribution in [2.75, 3.05) is 0 Å². The number of ketones is 1. The quantitative estimate of drug-likeness (QED) is 0.387. The van der Waals surface area contributed by atoms with Crippen LogP contribution in [-0.2, 0) is 14.4 Å². The first-order chi connectivity index (χ1) is 12.8. The first kappa shape index (κ1) is 18.9. The van der Waals surface area contributed by atoms with E-state index in [-0.39, 0.29) is 16.8 Å². The SMILES string of the molecule is CC(=O)O/N=C(/C)C1CCC2C3CCC4=CC(=O)CCC4(C)C3CCC12C. The van der Waals surface area contributed by atoms with Gasteiger partial charge >= 0.3 is 5.97 Å². The van der Waals surface area contributed by atoms with Crippen LogP contribution < -0.4 is 0 Å². The predicted molar refractivity (Wildman–Crippen MR) is 105 cm³/mol. The fraction of sp³-hybridized carbons (Fsp3) is 0.783. The second kappa shape index (κ2) is 6.56. The summed E-state index contributed by atoms with van der Waals surface area (Å²) in [6, 6.07) is 0. The highest BCUT2D eigenvalue weighted by Gasteiger charge is 2.59. The summed E-state index contributed by atoms with van der Waals surface area (Å²) in [5.41, 5.74) is 2.92. The first-order valence-corrected chi connectivity index (χ1v) is 10.7. The van der Waals surface area contributed by atoms with Crippen LogP contribution >= 0.6 is 0 Å². The molecule has 0 saturated heterocycles. The number of nitrogens with zero attached hydrogens (tertiary/aromatic N) is 1. The molecule has 0 bridgehead atoms. The van der Waals surface area contributed by atoms with Crippen LogP contribution in [0.25, 0.3) is 0 Å². The van der Waals surface area contributed by atoms with Crippen molar-refractivity contribution < 1.29 is 14.4 Å². The van der Waals surface area contributed by atoms with Gasteiger partial charge in [0.1, 0.15) is 0 Å². The first-order valence-electron chi connectivity index (χ1n) is 10.7. The van der Waals surface area contributed by atoms with E-state index in [0.29, 0.717) is 17.6 Å². The van der Waals surface area contributed by atoms with Crippen molar-refractivity contribution in [1.82, 2.24) is 0 Å². The normalized spacial score (nSPS) is 44.1. The van der Waals surface area contributed by atoms with Crippen LogP contribution in [0.1, 0.15) is 79.1 Å². The molecular formula is C23H33NO3. The van der Waals surface area contributed by atoms with E-state index in [1.165, 1.54) is 38.2 Å². The summed E-state index contributed by atoms with van der Waals surface area (Å²) in [5.74, 6) is 2.60. The molecule has 0 aromatic rings. The fourth-order valence-corrected chi connectivity index (χ4v) is 7.45. The molecule has 0 amide bonds. The molecule has 6 atom stereocenters. The Hall–Kier alpha value is -1.45. The lowest BCUT2D eigenvalue weighted by molar-refractivity contribution is -0.141. The van der Waals surface area contributed by atoms with E-state index in [1.807, 2.05) is 13.0 Å². The fourth-order valence-electron chi connectivity index (χ4n) is 7.45. The molecule has 3 fully saturated rings. The Bertz CT molecular complexity index is 723. The number of rotatable bonds is 2. The van der Waals surface area contributed by atoms with Crippen LogP contribution in [0.15, 0.2) is 16.8 Å². The number of carbonyl (C=O) groups is 2. The van der Waals surface area contributed by atoms with Crippen molar-refractivity contribution in [2.24, 2.45) is 39.7 Å². The molecule has 27 heavy (non-hydrogen) atoms. The molecule has 4 rings (SSSR count). The van der Waals surface area contributed by atoms with E-state index in [4.69, 9.17) is 4.84 Å². The zero-order valence-electron chi connectivity index (χ0n) is 17.2. The standard InChI is InChI=1S/C23H33NO3/c1-14(24-27-15(2)25)19-7-8-20-18-6-5-16-13-17(26)9-11-22(16,3)21(18)10-12-23(19,20)4/h13,18-21H,5-12H2,1-4H3/b24-14-. The van der Waals surface area contributed by atoms with E-state index in [9.17, 15) is 9.59 Å². The zero-order chi connectivity index (χ0) is 19.4. The Morgan fingerprint density at radius 1 is 1.07 bits per heavy atom. The highest BCUT2D eigenvalue weighted by atomic mass is 16.7. The van der Waals surface area contributed by atoms with Crippen LogP contribution in [0.4, 0.5) is 0 Å². The molecule has 6 unspecified atom stereocenters. The van der Waals surface area contributed by atoms with E-state index >= 15 is 0 Å². The minimum absolute atomic E-state index is 0.233. The van der Waals surface area contributed by atoms with E-state index < -0.39 is 0 Å². The van der Waals surface area contributed by atoms with Gasteiger partial charge in [-0.1, -0.05) is 24.6 Å². The summed E-state index contributed by atoms with van der Waals surface area (Å²) in [6.45, 7) is 8.33. The number of allylic oxidation sites excluding steroid dienone is 1. The third kappa shape index (κ3) is 2.91. The van der Waals surface area contributed by atoms with Crippen molar-refractivity contribution in [2.45, 2.75) is 79.1 Å². The lowest BCUT2D eigenvalue weighted by Gasteiger charge is -2.58. The number of fused-ring (bicyclic) bond motifs is 5. The molecule has 4 nitrogen and oxygen atoms in total. The zero-order valence-corrected chi connectivity index (χ0v) is 17.2. The van der Waals surface area contributed by atoms with Crippen LogP contribution in [0.5, 0.6) is 0 Å². The summed E-state index contributed by atoms with van der Waals surface area (Å²) in [7, 11) is 0. The number of oxime groups is 1. The average molecular weight is 372 g/mol. The Balaban J connectivity index is 1.59. The van der Waals surface area contributed by atoms with E-state index in [1.54, 1.807) is 0 Å². The Morgan fingerprint density at radius 3 is 2.59 bits per heavy atom. The highest BCUT2D eigenvalue weighted by Crippen LogP contribution is 2.66. The van der Waals surface area contributed by atoms with Crippen molar-refractivity contribution in [3.8, 4) is 0 Å². The lowest BCUT2D eigenvalue weighted by Crippen LogP contribution is -2.51. The average Bonchev–Trinajstić information content (AvgIpc) is 2.97. The van der Waals surface area contributed by atoms with Crippen molar-refractivity contribution in [3.63, 3.8) is 0 Å². The van der Waals surface area contributed by atoms with Crippen LogP contribution in [0.3, 0.4) is 0 Å². The van der Waals surface area contributed by atoms with Gasteiger partial charge < -0.3 is 4.84 Å². The topological polar surface area (TPSA) is 55.7 Å². The molecule has 0 aromatic heterocycles. The molecule has 0 spiro atoms. The summed E-state index contributed by atoms with van der Waals surface area (Å²) in [6.07, 6.45) is 10.9. The van der Waals surface area contributed by atoms with Crippen molar-refractivity contribution in [3.05, 3.63) is 11.6 Å². The van der Waals surface area contributed by atoms with Gasteiger partial charge in [-0.25, -0.2) is 4.79 Å². The van der Waals surface area contributed by atoms with Gasteiger partial charge in [0, 0.05) is 19.3 Å².